The Bertz CT molecular complexity index is 972. The Morgan fingerprint density at radius 2 is 2.00 bits per heavy atom. The number of carbonyl (C=O) groups is 2. The highest BCUT2D eigenvalue weighted by Gasteiger charge is 2.29. The lowest BCUT2D eigenvalue weighted by Crippen LogP contribution is -2.35. The average Bonchev–Trinajstić information content (AvgIpc) is 3.03. The molecule has 3 rings (SSSR count). The molecule has 0 aliphatic carbocycles. The highest BCUT2D eigenvalue weighted by molar-refractivity contribution is 6.30. The Morgan fingerprint density at radius 1 is 1.28 bits per heavy atom. The first kappa shape index (κ1) is 17.0. The molecule has 0 aliphatic heterocycles. The van der Waals surface area contributed by atoms with Crippen molar-refractivity contribution >= 4 is 29.1 Å². The van der Waals surface area contributed by atoms with Crippen molar-refractivity contribution in [2.24, 2.45) is 0 Å². The lowest BCUT2D eigenvalue weighted by atomic mass is 10.0. The van der Waals surface area contributed by atoms with Crippen molar-refractivity contribution in [2.45, 2.75) is 26.8 Å². The van der Waals surface area contributed by atoms with E-state index in [4.69, 9.17) is 11.6 Å². The Morgan fingerprint density at radius 3 is 2.60 bits per heavy atom. The molecule has 0 spiro atoms. The molecule has 130 valence electrons. The van der Waals surface area contributed by atoms with Gasteiger partial charge in [-0.3, -0.25) is 14.3 Å². The van der Waals surface area contributed by atoms with E-state index in [0.717, 1.165) is 0 Å². The van der Waals surface area contributed by atoms with Gasteiger partial charge in [0.1, 0.15) is 11.3 Å². The SMILES string of the molecule is Cc1n[nH]c(C)c1[C@H](NC(=O)c1c(C)nc2ccc(Cl)cn12)C(=O)O. The highest BCUT2D eigenvalue weighted by atomic mass is 35.5. The zero-order valence-corrected chi connectivity index (χ0v) is 14.5. The third-order valence-electron chi connectivity index (χ3n) is 3.97. The molecule has 0 bridgehead atoms. The van der Waals surface area contributed by atoms with Gasteiger partial charge in [-0.25, -0.2) is 9.78 Å². The number of hydrogen-bond acceptors (Lipinski definition) is 4. The molecule has 0 aliphatic rings. The summed E-state index contributed by atoms with van der Waals surface area (Å²) in [7, 11) is 0. The second kappa shape index (κ2) is 6.21. The quantitative estimate of drug-likeness (QED) is 0.659. The molecule has 9 heteroatoms. The first-order chi connectivity index (χ1) is 11.8. The van der Waals surface area contributed by atoms with Crippen LogP contribution in [-0.4, -0.2) is 36.6 Å². The van der Waals surface area contributed by atoms with E-state index in [9.17, 15) is 14.7 Å². The third-order valence-corrected chi connectivity index (χ3v) is 4.19. The molecule has 0 aromatic carbocycles. The Kier molecular flexibility index (Phi) is 4.22. The van der Waals surface area contributed by atoms with Crippen LogP contribution in [0.4, 0.5) is 0 Å². The second-order valence-corrected chi connectivity index (χ2v) is 6.15. The summed E-state index contributed by atoms with van der Waals surface area (Å²) in [6.07, 6.45) is 1.57. The minimum Gasteiger partial charge on any atom is -0.479 e. The summed E-state index contributed by atoms with van der Waals surface area (Å²) in [6, 6.07) is 2.13. The molecule has 0 unspecified atom stereocenters. The van der Waals surface area contributed by atoms with Gasteiger partial charge in [0.05, 0.1) is 16.4 Å². The molecule has 25 heavy (non-hydrogen) atoms. The molecule has 3 N–H and O–H groups in total. The molecule has 3 aromatic heterocycles. The van der Waals surface area contributed by atoms with Gasteiger partial charge in [0, 0.05) is 17.5 Å². The highest BCUT2D eigenvalue weighted by Crippen LogP contribution is 2.22. The molecular weight excluding hydrogens is 346 g/mol. The van der Waals surface area contributed by atoms with E-state index in [2.05, 4.69) is 20.5 Å². The normalized spacial score (nSPS) is 12.3. The zero-order chi connectivity index (χ0) is 18.3. The van der Waals surface area contributed by atoms with Gasteiger partial charge in [0.15, 0.2) is 6.04 Å². The number of aryl methyl sites for hydroxylation is 3. The van der Waals surface area contributed by atoms with Crippen molar-refractivity contribution in [1.29, 1.82) is 0 Å². The molecular formula is C16H16ClN5O3. The number of aromatic amines is 1. The summed E-state index contributed by atoms with van der Waals surface area (Å²) in [5.41, 5.74) is 2.80. The van der Waals surface area contributed by atoms with Crippen LogP contribution < -0.4 is 5.32 Å². The maximum atomic E-state index is 12.8. The Labute approximate surface area is 147 Å². The van der Waals surface area contributed by atoms with Gasteiger partial charge in [-0.15, -0.1) is 0 Å². The number of pyridine rings is 1. The Hall–Kier alpha value is -2.87. The molecule has 3 heterocycles. The van der Waals surface area contributed by atoms with Crippen molar-refractivity contribution in [3.8, 4) is 0 Å². The van der Waals surface area contributed by atoms with Crippen LogP contribution in [0, 0.1) is 20.8 Å². The van der Waals surface area contributed by atoms with Gasteiger partial charge in [-0.05, 0) is 32.9 Å². The van der Waals surface area contributed by atoms with Crippen LogP contribution in [0.25, 0.3) is 5.65 Å². The van der Waals surface area contributed by atoms with Gasteiger partial charge < -0.3 is 10.4 Å². The fraction of sp³-hybridized carbons (Fsp3) is 0.250. The maximum Gasteiger partial charge on any atom is 0.331 e. The van der Waals surface area contributed by atoms with Crippen LogP contribution in [0.15, 0.2) is 18.3 Å². The summed E-state index contributed by atoms with van der Waals surface area (Å²) in [4.78, 5) is 28.8. The van der Waals surface area contributed by atoms with Gasteiger partial charge in [-0.1, -0.05) is 11.6 Å². The summed E-state index contributed by atoms with van der Waals surface area (Å²) in [6.45, 7) is 5.07. The predicted molar refractivity (Wildman–Crippen MR) is 90.8 cm³/mol. The smallest absolute Gasteiger partial charge is 0.331 e. The molecule has 8 nitrogen and oxygen atoms in total. The van der Waals surface area contributed by atoms with Crippen molar-refractivity contribution in [2.75, 3.05) is 0 Å². The molecule has 3 aromatic rings. The van der Waals surface area contributed by atoms with Crippen LogP contribution in [0.2, 0.25) is 5.02 Å². The zero-order valence-electron chi connectivity index (χ0n) is 13.8. The summed E-state index contributed by atoms with van der Waals surface area (Å²) >= 11 is 6.00. The number of imidazole rings is 1. The summed E-state index contributed by atoms with van der Waals surface area (Å²) < 4.78 is 1.54. The van der Waals surface area contributed by atoms with Gasteiger partial charge in [0.25, 0.3) is 5.91 Å². The van der Waals surface area contributed by atoms with Crippen LogP contribution in [-0.2, 0) is 4.79 Å². The van der Waals surface area contributed by atoms with E-state index in [-0.39, 0.29) is 5.69 Å². The molecule has 0 fully saturated rings. The van der Waals surface area contributed by atoms with Crippen molar-refractivity contribution in [3.63, 3.8) is 0 Å². The van der Waals surface area contributed by atoms with Crippen molar-refractivity contribution in [1.82, 2.24) is 24.9 Å². The fourth-order valence-corrected chi connectivity index (χ4v) is 3.01. The number of carbonyl (C=O) groups excluding carboxylic acids is 1. The monoisotopic (exact) mass is 361 g/mol. The van der Waals surface area contributed by atoms with Gasteiger partial charge in [0.2, 0.25) is 0 Å². The number of aliphatic carboxylic acids is 1. The number of H-pyrrole nitrogens is 1. The number of amides is 1. The van der Waals surface area contributed by atoms with Crippen molar-refractivity contribution in [3.05, 3.63) is 51.7 Å². The molecule has 0 saturated heterocycles. The maximum absolute atomic E-state index is 12.8. The van der Waals surface area contributed by atoms with Crippen LogP contribution in [0.1, 0.15) is 39.2 Å². The second-order valence-electron chi connectivity index (χ2n) is 5.71. The number of carboxylic acids is 1. The average molecular weight is 362 g/mol. The molecule has 1 atom stereocenters. The lowest BCUT2D eigenvalue weighted by molar-refractivity contribution is -0.139. The number of aromatic nitrogens is 4. The molecule has 0 saturated carbocycles. The number of nitrogens with one attached hydrogen (secondary N) is 2. The Balaban J connectivity index is 2.02. The first-order valence-electron chi connectivity index (χ1n) is 7.49. The fourth-order valence-electron chi connectivity index (χ4n) is 2.85. The number of fused-ring (bicyclic) bond motifs is 1. The summed E-state index contributed by atoms with van der Waals surface area (Å²) in [5, 5.41) is 19.3. The van der Waals surface area contributed by atoms with Crippen molar-refractivity contribution < 1.29 is 14.7 Å². The number of rotatable bonds is 4. The lowest BCUT2D eigenvalue weighted by Gasteiger charge is -2.15. The first-order valence-corrected chi connectivity index (χ1v) is 7.86. The van der Waals surface area contributed by atoms with Crippen LogP contribution >= 0.6 is 11.6 Å². The van der Waals surface area contributed by atoms with E-state index >= 15 is 0 Å². The standard InChI is InChI=1S/C16H16ClN5O3/c1-7-12(8(2)21-20-7)13(16(24)25)19-15(23)14-9(3)18-11-5-4-10(17)6-22(11)14/h4-6,13H,1-3H3,(H,19,23)(H,20,21)(H,24,25)/t13-/m0/s1. The van der Waals surface area contributed by atoms with E-state index in [1.54, 1.807) is 43.5 Å². The molecule has 1 amide bonds. The van der Waals surface area contributed by atoms with Crippen LogP contribution in [0.3, 0.4) is 0 Å². The van der Waals surface area contributed by atoms with Gasteiger partial charge >= 0.3 is 5.97 Å². The van der Waals surface area contributed by atoms with E-state index in [1.807, 2.05) is 0 Å². The van der Waals surface area contributed by atoms with E-state index < -0.39 is 17.9 Å². The number of hydrogen-bond donors (Lipinski definition) is 3. The van der Waals surface area contributed by atoms with E-state index in [0.29, 0.717) is 33.3 Å². The van der Waals surface area contributed by atoms with E-state index in [1.165, 1.54) is 0 Å². The number of halogens is 1. The topological polar surface area (TPSA) is 112 Å². The summed E-state index contributed by atoms with van der Waals surface area (Å²) in [5.74, 6) is -1.73. The predicted octanol–water partition coefficient (Wildman–Crippen LogP) is 2.19. The minimum atomic E-state index is -1.23. The van der Waals surface area contributed by atoms with Gasteiger partial charge in [-0.2, -0.15) is 5.10 Å². The number of carboxylic acid groups (broad SMARTS) is 1. The van der Waals surface area contributed by atoms with Crippen LogP contribution in [0.5, 0.6) is 0 Å². The third kappa shape index (κ3) is 2.96. The number of nitrogens with zero attached hydrogens (tertiary/aromatic N) is 3. The minimum absolute atomic E-state index is 0.238. The largest absolute Gasteiger partial charge is 0.479 e. The molecule has 0 radical (unpaired) electrons.